The van der Waals surface area contributed by atoms with Crippen LogP contribution < -0.4 is 0 Å². The van der Waals surface area contributed by atoms with Crippen LogP contribution >= 0.6 is 0 Å². The molecule has 1 rings (SSSR count). The Bertz CT molecular complexity index is 201. The topological polar surface area (TPSA) is 0 Å². The van der Waals surface area contributed by atoms with E-state index in [4.69, 9.17) is 0 Å². The van der Waals surface area contributed by atoms with Gasteiger partial charge in [-0.15, -0.1) is 0 Å². The van der Waals surface area contributed by atoms with Crippen LogP contribution in [0.4, 0.5) is 0 Å². The Balaban J connectivity index is 2.69. The van der Waals surface area contributed by atoms with Crippen molar-refractivity contribution in [3.05, 3.63) is 23.8 Å². The molecule has 0 heterocycles. The molecule has 0 N–H and O–H groups in total. The third kappa shape index (κ3) is 2.23. The van der Waals surface area contributed by atoms with Gasteiger partial charge in [-0.25, -0.2) is 0 Å². The van der Waals surface area contributed by atoms with Gasteiger partial charge in [-0.05, 0) is 31.1 Å². The summed E-state index contributed by atoms with van der Waals surface area (Å²) in [6, 6.07) is 0. The Morgan fingerprint density at radius 1 is 1.42 bits per heavy atom. The van der Waals surface area contributed by atoms with E-state index in [0.29, 0.717) is 5.41 Å². The second kappa shape index (κ2) is 3.47. The predicted molar refractivity (Wildman–Crippen MR) is 55.1 cm³/mol. The van der Waals surface area contributed by atoms with Crippen molar-refractivity contribution in [2.24, 2.45) is 11.3 Å². The van der Waals surface area contributed by atoms with E-state index in [1.54, 1.807) is 0 Å². The molecule has 0 aromatic carbocycles. The van der Waals surface area contributed by atoms with Crippen LogP contribution in [0.25, 0.3) is 0 Å². The normalized spacial score (nSPS) is 28.0. The van der Waals surface area contributed by atoms with Gasteiger partial charge in [0, 0.05) is 0 Å². The Labute approximate surface area is 76.4 Å². The average molecular weight is 164 g/mol. The molecule has 0 amide bonds. The molecule has 0 saturated heterocycles. The molecular weight excluding hydrogens is 144 g/mol. The predicted octanol–water partition coefficient (Wildman–Crippen LogP) is 3.95. The maximum atomic E-state index is 2.34. The van der Waals surface area contributed by atoms with Gasteiger partial charge in [-0.2, -0.15) is 0 Å². The first-order valence-corrected chi connectivity index (χ1v) is 4.86. The fourth-order valence-electron chi connectivity index (χ4n) is 1.69. The summed E-state index contributed by atoms with van der Waals surface area (Å²) in [5.74, 6) is 0.827. The molecule has 0 fully saturated rings. The first-order valence-electron chi connectivity index (χ1n) is 4.86. The highest BCUT2D eigenvalue weighted by Crippen LogP contribution is 2.36. The maximum absolute atomic E-state index is 2.34. The number of hydrogen-bond donors (Lipinski definition) is 0. The minimum Gasteiger partial charge on any atom is -0.0844 e. The highest BCUT2D eigenvalue weighted by atomic mass is 14.3. The molecular formula is C12H20. The molecule has 0 aromatic heterocycles. The molecule has 0 bridgehead atoms. The summed E-state index contributed by atoms with van der Waals surface area (Å²) < 4.78 is 0. The van der Waals surface area contributed by atoms with E-state index in [9.17, 15) is 0 Å². The molecule has 0 aliphatic heterocycles. The second-order valence-electron chi connectivity index (χ2n) is 4.77. The van der Waals surface area contributed by atoms with Gasteiger partial charge in [0.2, 0.25) is 0 Å². The summed E-state index contributed by atoms with van der Waals surface area (Å²) in [5, 5.41) is 0. The van der Waals surface area contributed by atoms with Crippen molar-refractivity contribution in [1.82, 2.24) is 0 Å². The first-order chi connectivity index (χ1) is 5.54. The van der Waals surface area contributed by atoms with Crippen LogP contribution in [0.5, 0.6) is 0 Å². The molecule has 1 unspecified atom stereocenters. The molecule has 68 valence electrons. The Morgan fingerprint density at radius 3 is 2.58 bits per heavy atom. The maximum Gasteiger partial charge on any atom is -0.0246 e. The Hall–Kier alpha value is -0.520. The van der Waals surface area contributed by atoms with Crippen molar-refractivity contribution in [2.75, 3.05) is 0 Å². The van der Waals surface area contributed by atoms with Gasteiger partial charge < -0.3 is 0 Å². The molecule has 1 atom stereocenters. The van der Waals surface area contributed by atoms with Crippen LogP contribution in [-0.4, -0.2) is 0 Å². The smallest absolute Gasteiger partial charge is 0.0246 e. The third-order valence-corrected chi connectivity index (χ3v) is 2.83. The van der Waals surface area contributed by atoms with Gasteiger partial charge in [0.1, 0.15) is 0 Å². The first kappa shape index (κ1) is 9.57. The molecule has 12 heavy (non-hydrogen) atoms. The molecule has 0 aromatic rings. The van der Waals surface area contributed by atoms with Gasteiger partial charge in [0.15, 0.2) is 0 Å². The van der Waals surface area contributed by atoms with Gasteiger partial charge >= 0.3 is 0 Å². The monoisotopic (exact) mass is 164 g/mol. The number of rotatable bonds is 0. The van der Waals surface area contributed by atoms with Gasteiger partial charge in [0.25, 0.3) is 0 Å². The molecule has 0 heteroatoms. The van der Waals surface area contributed by atoms with Crippen LogP contribution in [0, 0.1) is 11.3 Å². The fraction of sp³-hybridized carbons (Fsp3) is 0.667. The Kier molecular flexibility index (Phi) is 2.76. The lowest BCUT2D eigenvalue weighted by Gasteiger charge is -2.32. The summed E-state index contributed by atoms with van der Waals surface area (Å²) in [6.45, 7) is 9.14. The molecule has 0 saturated carbocycles. The number of hydrogen-bond acceptors (Lipinski definition) is 0. The molecule has 1 aliphatic rings. The van der Waals surface area contributed by atoms with Crippen molar-refractivity contribution in [3.63, 3.8) is 0 Å². The zero-order valence-corrected chi connectivity index (χ0v) is 8.72. The summed E-state index contributed by atoms with van der Waals surface area (Å²) in [7, 11) is 0. The van der Waals surface area contributed by atoms with Crippen molar-refractivity contribution in [2.45, 2.75) is 40.5 Å². The number of allylic oxidation sites excluding steroid dienone is 4. The lowest BCUT2D eigenvalue weighted by Crippen LogP contribution is -2.21. The standard InChI is InChI=1S/C12H20/c1-5-10-7-6-8-11(9-10)12(2,3)4/h5-7,11H,8-9H2,1-4H3. The third-order valence-electron chi connectivity index (χ3n) is 2.83. The lowest BCUT2D eigenvalue weighted by molar-refractivity contribution is 0.237. The summed E-state index contributed by atoms with van der Waals surface area (Å²) in [4.78, 5) is 0. The van der Waals surface area contributed by atoms with E-state index in [2.05, 4.69) is 45.9 Å². The quantitative estimate of drug-likeness (QED) is 0.508. The lowest BCUT2D eigenvalue weighted by atomic mass is 9.73. The van der Waals surface area contributed by atoms with Crippen LogP contribution in [0.15, 0.2) is 23.8 Å². The molecule has 0 radical (unpaired) electrons. The summed E-state index contributed by atoms with van der Waals surface area (Å²) in [6.07, 6.45) is 9.32. The summed E-state index contributed by atoms with van der Waals surface area (Å²) in [5.41, 5.74) is 1.96. The van der Waals surface area contributed by atoms with Crippen molar-refractivity contribution >= 4 is 0 Å². The largest absolute Gasteiger partial charge is 0.0844 e. The molecule has 0 spiro atoms. The highest BCUT2D eigenvalue weighted by molar-refractivity contribution is 5.22. The molecule has 0 nitrogen and oxygen atoms in total. The van der Waals surface area contributed by atoms with E-state index >= 15 is 0 Å². The van der Waals surface area contributed by atoms with E-state index in [-0.39, 0.29) is 0 Å². The fourth-order valence-corrected chi connectivity index (χ4v) is 1.69. The van der Waals surface area contributed by atoms with Gasteiger partial charge in [0.05, 0.1) is 0 Å². The van der Waals surface area contributed by atoms with Crippen molar-refractivity contribution < 1.29 is 0 Å². The van der Waals surface area contributed by atoms with E-state index < -0.39 is 0 Å². The zero-order chi connectivity index (χ0) is 9.19. The van der Waals surface area contributed by atoms with E-state index in [0.717, 1.165) is 5.92 Å². The Morgan fingerprint density at radius 2 is 2.08 bits per heavy atom. The van der Waals surface area contributed by atoms with Gasteiger partial charge in [-0.1, -0.05) is 44.6 Å². The van der Waals surface area contributed by atoms with Crippen molar-refractivity contribution in [1.29, 1.82) is 0 Å². The zero-order valence-electron chi connectivity index (χ0n) is 8.72. The minimum atomic E-state index is 0.457. The van der Waals surface area contributed by atoms with Crippen LogP contribution in [0.2, 0.25) is 0 Å². The van der Waals surface area contributed by atoms with E-state index in [1.807, 2.05) is 0 Å². The van der Waals surface area contributed by atoms with Crippen LogP contribution in [-0.2, 0) is 0 Å². The highest BCUT2D eigenvalue weighted by Gasteiger charge is 2.25. The van der Waals surface area contributed by atoms with Crippen LogP contribution in [0.3, 0.4) is 0 Å². The van der Waals surface area contributed by atoms with Gasteiger partial charge in [-0.3, -0.25) is 0 Å². The average Bonchev–Trinajstić information content (AvgIpc) is 2.03. The van der Waals surface area contributed by atoms with Crippen molar-refractivity contribution in [3.8, 4) is 0 Å². The van der Waals surface area contributed by atoms with E-state index in [1.165, 1.54) is 18.4 Å². The second-order valence-corrected chi connectivity index (χ2v) is 4.77. The minimum absolute atomic E-state index is 0.457. The SMILES string of the molecule is CC=C1C=CCC(C(C)(C)C)C1. The van der Waals surface area contributed by atoms with Crippen LogP contribution in [0.1, 0.15) is 40.5 Å². The summed E-state index contributed by atoms with van der Waals surface area (Å²) >= 11 is 0. The molecule has 1 aliphatic carbocycles.